The molecule has 0 saturated carbocycles. The third kappa shape index (κ3) is 4.30. The van der Waals surface area contributed by atoms with Crippen molar-refractivity contribution in [3.63, 3.8) is 0 Å². The zero-order valence-electron chi connectivity index (χ0n) is 19.4. The van der Waals surface area contributed by atoms with Crippen molar-refractivity contribution in [1.29, 1.82) is 0 Å². The second-order valence-electron chi connectivity index (χ2n) is 9.31. The Hall–Kier alpha value is -3.30. The Labute approximate surface area is 207 Å². The van der Waals surface area contributed by atoms with Gasteiger partial charge in [-0.25, -0.2) is 0 Å². The summed E-state index contributed by atoms with van der Waals surface area (Å²) in [4.78, 5) is 32.3. The second-order valence-corrected chi connectivity index (χ2v) is 10.3. The molecule has 8 nitrogen and oxygen atoms in total. The first-order valence-corrected chi connectivity index (χ1v) is 12.8. The van der Waals surface area contributed by atoms with Crippen molar-refractivity contribution in [3.8, 4) is 5.75 Å². The molecule has 9 heteroatoms. The zero-order valence-corrected chi connectivity index (χ0v) is 20.2. The van der Waals surface area contributed by atoms with Gasteiger partial charge in [-0.1, -0.05) is 6.07 Å². The zero-order chi connectivity index (χ0) is 23.9. The van der Waals surface area contributed by atoms with Gasteiger partial charge in [0.1, 0.15) is 5.75 Å². The summed E-state index contributed by atoms with van der Waals surface area (Å²) in [5, 5.41) is 10.8. The molecule has 2 amide bonds. The number of rotatable bonds is 6. The summed E-state index contributed by atoms with van der Waals surface area (Å²) in [6, 6.07) is 14.5. The lowest BCUT2D eigenvalue weighted by atomic mass is 9.95. The molecule has 1 unspecified atom stereocenters. The van der Waals surface area contributed by atoms with E-state index in [1.807, 2.05) is 42.6 Å². The summed E-state index contributed by atoms with van der Waals surface area (Å²) in [5.74, 6) is 1.14. The maximum absolute atomic E-state index is 12.7. The highest BCUT2D eigenvalue weighted by molar-refractivity contribution is 8.00. The van der Waals surface area contributed by atoms with E-state index in [4.69, 9.17) is 4.74 Å². The molecule has 3 aliphatic rings. The third-order valence-electron chi connectivity index (χ3n) is 7.02. The van der Waals surface area contributed by atoms with Crippen LogP contribution in [0.5, 0.6) is 5.75 Å². The molecular formula is C26H27N5O3S. The molecule has 1 aromatic heterocycles. The summed E-state index contributed by atoms with van der Waals surface area (Å²) in [6.45, 7) is 2.55. The van der Waals surface area contributed by atoms with Crippen molar-refractivity contribution in [2.45, 2.75) is 29.3 Å². The molecule has 2 aromatic carbocycles. The number of ether oxygens (including phenoxy) is 1. The van der Waals surface area contributed by atoms with Gasteiger partial charge in [0.2, 0.25) is 11.8 Å². The van der Waals surface area contributed by atoms with Crippen LogP contribution in [0.25, 0.3) is 10.9 Å². The minimum absolute atomic E-state index is 0.00560. The van der Waals surface area contributed by atoms with Crippen LogP contribution in [-0.4, -0.2) is 61.4 Å². The van der Waals surface area contributed by atoms with Crippen molar-refractivity contribution in [1.82, 2.24) is 15.6 Å². The number of pyridine rings is 1. The molecule has 3 N–H and O–H groups in total. The van der Waals surface area contributed by atoms with Gasteiger partial charge in [-0.2, -0.15) is 0 Å². The number of hydrogen-bond donors (Lipinski definition) is 3. The Bertz CT molecular complexity index is 1310. The van der Waals surface area contributed by atoms with Gasteiger partial charge < -0.3 is 25.6 Å². The summed E-state index contributed by atoms with van der Waals surface area (Å²) < 4.78 is 5.39. The van der Waals surface area contributed by atoms with Crippen LogP contribution in [0.15, 0.2) is 53.6 Å². The van der Waals surface area contributed by atoms with Crippen molar-refractivity contribution >= 4 is 45.9 Å². The molecule has 2 saturated heterocycles. The van der Waals surface area contributed by atoms with E-state index in [2.05, 4.69) is 31.9 Å². The molecule has 4 heterocycles. The molecule has 3 aromatic rings. The lowest BCUT2D eigenvalue weighted by molar-refractivity contribution is -0.120. The standard InChI is InChI=1S/C26H27N5O3S/c1-34-18-3-4-21-20(10-18)23(6-7-27-21)31-12-17(13-31)28-11-16-9-19(26(33)29-16)15-2-5-24-22(8-15)30-25(32)14-35-24/h2-8,10,16-17,19,28H,9,11-14H2,1H3,(H,29,33)(H,30,32)/t16?,19-/m1/s1. The number of nitrogens with zero attached hydrogens (tertiary/aromatic N) is 2. The van der Waals surface area contributed by atoms with Crippen LogP contribution in [0, 0.1) is 0 Å². The average molecular weight is 490 g/mol. The average Bonchev–Trinajstić information content (AvgIpc) is 3.22. The maximum atomic E-state index is 12.7. The Balaban J connectivity index is 1.05. The van der Waals surface area contributed by atoms with Crippen LogP contribution in [-0.2, 0) is 9.59 Å². The van der Waals surface area contributed by atoms with Gasteiger partial charge in [0.25, 0.3) is 0 Å². The van der Waals surface area contributed by atoms with Gasteiger partial charge in [0.15, 0.2) is 0 Å². The number of thioether (sulfide) groups is 1. The van der Waals surface area contributed by atoms with E-state index in [-0.39, 0.29) is 23.8 Å². The number of carbonyl (C=O) groups excluding carboxylic acids is 2. The van der Waals surface area contributed by atoms with E-state index in [1.54, 1.807) is 7.11 Å². The van der Waals surface area contributed by atoms with E-state index >= 15 is 0 Å². The second kappa shape index (κ2) is 9.05. The van der Waals surface area contributed by atoms with Crippen molar-refractivity contribution in [3.05, 3.63) is 54.2 Å². The Morgan fingerprint density at radius 3 is 2.91 bits per heavy atom. The summed E-state index contributed by atoms with van der Waals surface area (Å²) in [7, 11) is 1.68. The van der Waals surface area contributed by atoms with Crippen LogP contribution in [0.3, 0.4) is 0 Å². The summed E-state index contributed by atoms with van der Waals surface area (Å²) in [6.07, 6.45) is 2.60. The van der Waals surface area contributed by atoms with E-state index in [0.29, 0.717) is 11.8 Å². The van der Waals surface area contributed by atoms with E-state index in [1.165, 1.54) is 17.4 Å². The van der Waals surface area contributed by atoms with Crippen LogP contribution in [0.4, 0.5) is 11.4 Å². The Morgan fingerprint density at radius 2 is 2.06 bits per heavy atom. The molecule has 0 aliphatic carbocycles. The first-order chi connectivity index (χ1) is 17.1. The van der Waals surface area contributed by atoms with E-state index in [9.17, 15) is 9.59 Å². The number of anilines is 2. The van der Waals surface area contributed by atoms with Crippen LogP contribution < -0.4 is 25.6 Å². The number of methoxy groups -OCH3 is 1. The van der Waals surface area contributed by atoms with Gasteiger partial charge in [0, 0.05) is 53.9 Å². The molecule has 35 heavy (non-hydrogen) atoms. The fraction of sp³-hybridized carbons (Fsp3) is 0.346. The minimum Gasteiger partial charge on any atom is -0.497 e. The number of nitrogens with one attached hydrogen (secondary N) is 3. The van der Waals surface area contributed by atoms with Crippen LogP contribution in [0.2, 0.25) is 0 Å². The predicted molar refractivity (Wildman–Crippen MR) is 137 cm³/mol. The number of hydrogen-bond acceptors (Lipinski definition) is 7. The highest BCUT2D eigenvalue weighted by Gasteiger charge is 2.35. The SMILES string of the molecule is COc1ccc2nccc(N3CC(NCC4C[C@H](c5ccc6c(c5)NC(=O)CS6)C(=O)N4)C3)c2c1. The first-order valence-electron chi connectivity index (χ1n) is 11.9. The van der Waals surface area contributed by atoms with Crippen molar-refractivity contribution in [2.75, 3.05) is 42.7 Å². The molecule has 180 valence electrons. The normalized spacial score (nSPS) is 21.9. The molecule has 2 atom stereocenters. The molecule has 0 bridgehead atoms. The number of amides is 2. The predicted octanol–water partition coefficient (Wildman–Crippen LogP) is 2.74. The first kappa shape index (κ1) is 22.2. The summed E-state index contributed by atoms with van der Waals surface area (Å²) >= 11 is 1.53. The number of aromatic nitrogens is 1. The van der Waals surface area contributed by atoms with Gasteiger partial charge in [-0.05, 0) is 48.4 Å². The minimum atomic E-state index is -0.188. The summed E-state index contributed by atoms with van der Waals surface area (Å²) in [5.41, 5.74) is 3.90. The highest BCUT2D eigenvalue weighted by Crippen LogP contribution is 2.36. The smallest absolute Gasteiger partial charge is 0.234 e. The van der Waals surface area contributed by atoms with Crippen LogP contribution >= 0.6 is 11.8 Å². The third-order valence-corrected chi connectivity index (χ3v) is 8.10. The maximum Gasteiger partial charge on any atom is 0.234 e. The number of benzene rings is 2. The van der Waals surface area contributed by atoms with Crippen molar-refractivity contribution < 1.29 is 14.3 Å². The quantitative estimate of drug-likeness (QED) is 0.490. The Kier molecular flexibility index (Phi) is 5.74. The molecule has 0 spiro atoms. The number of fused-ring (bicyclic) bond motifs is 2. The van der Waals surface area contributed by atoms with Crippen LogP contribution in [0.1, 0.15) is 17.9 Å². The van der Waals surface area contributed by atoms with Gasteiger partial charge in [0.05, 0.1) is 30.0 Å². The Morgan fingerprint density at radius 1 is 1.17 bits per heavy atom. The monoisotopic (exact) mass is 489 g/mol. The molecule has 3 aliphatic heterocycles. The van der Waals surface area contributed by atoms with Gasteiger partial charge in [-0.3, -0.25) is 14.6 Å². The van der Waals surface area contributed by atoms with E-state index < -0.39 is 0 Å². The fourth-order valence-corrected chi connectivity index (χ4v) is 5.91. The lowest BCUT2D eigenvalue weighted by Crippen LogP contribution is -2.59. The topological polar surface area (TPSA) is 95.6 Å². The van der Waals surface area contributed by atoms with E-state index in [0.717, 1.165) is 58.9 Å². The lowest BCUT2D eigenvalue weighted by Gasteiger charge is -2.42. The largest absolute Gasteiger partial charge is 0.497 e. The van der Waals surface area contributed by atoms with Gasteiger partial charge in [-0.15, -0.1) is 11.8 Å². The van der Waals surface area contributed by atoms with Crippen molar-refractivity contribution in [2.24, 2.45) is 0 Å². The molecule has 0 radical (unpaired) electrons. The van der Waals surface area contributed by atoms with Gasteiger partial charge >= 0.3 is 0 Å². The fourth-order valence-electron chi connectivity index (χ4n) is 5.12. The molecule has 6 rings (SSSR count). The molecule has 2 fully saturated rings. The number of carbonyl (C=O) groups is 2. The highest BCUT2D eigenvalue weighted by atomic mass is 32.2. The molecular weight excluding hydrogens is 462 g/mol.